The highest BCUT2D eigenvalue weighted by atomic mass is 35.5. The molecule has 4 aromatic rings. The maximum atomic E-state index is 12.6. The minimum Gasteiger partial charge on any atom is -0.344 e. The van der Waals surface area contributed by atoms with E-state index in [0.717, 1.165) is 11.1 Å². The average Bonchev–Trinajstić information content (AvgIpc) is 3.32. The summed E-state index contributed by atoms with van der Waals surface area (Å²) in [7, 11) is 0. The van der Waals surface area contributed by atoms with E-state index in [0.29, 0.717) is 28.8 Å². The molecule has 1 aromatic heterocycles. The van der Waals surface area contributed by atoms with Crippen LogP contribution in [-0.2, 0) is 17.0 Å². The molecule has 1 N–H and O–H groups in total. The van der Waals surface area contributed by atoms with E-state index in [9.17, 15) is 14.9 Å². The maximum Gasteiger partial charge on any atom is 0.269 e. The molecule has 1 heterocycles. The first kappa shape index (κ1) is 25.4. The first-order valence-electron chi connectivity index (χ1n) is 11.3. The lowest BCUT2D eigenvalue weighted by Crippen LogP contribution is -2.35. The van der Waals surface area contributed by atoms with E-state index < -0.39 is 16.3 Å². The van der Waals surface area contributed by atoms with Gasteiger partial charge in [-0.3, -0.25) is 19.5 Å². The Morgan fingerprint density at radius 1 is 1.00 bits per heavy atom. The van der Waals surface area contributed by atoms with Crippen LogP contribution >= 0.6 is 23.4 Å². The molecule has 36 heavy (non-hydrogen) atoms. The van der Waals surface area contributed by atoms with Crippen molar-refractivity contribution < 1.29 is 9.72 Å². The van der Waals surface area contributed by atoms with Crippen LogP contribution in [0.2, 0.25) is 0 Å². The topological polar surface area (TPSA) is 103 Å². The molecule has 0 spiro atoms. The van der Waals surface area contributed by atoms with Crippen molar-refractivity contribution in [2.45, 2.75) is 35.7 Å². The number of thioether (sulfide) groups is 1. The van der Waals surface area contributed by atoms with Crippen molar-refractivity contribution in [3.05, 3.63) is 112 Å². The molecular formula is C26H24ClN5O3S. The molecule has 0 saturated carbocycles. The van der Waals surface area contributed by atoms with Crippen LogP contribution in [0.3, 0.4) is 0 Å². The molecule has 0 saturated heterocycles. The zero-order valence-corrected chi connectivity index (χ0v) is 21.0. The van der Waals surface area contributed by atoms with Crippen molar-refractivity contribution in [1.29, 1.82) is 0 Å². The van der Waals surface area contributed by atoms with Crippen molar-refractivity contribution in [2.24, 2.45) is 0 Å². The second-order valence-electron chi connectivity index (χ2n) is 8.09. The van der Waals surface area contributed by atoms with Crippen molar-refractivity contribution in [1.82, 2.24) is 20.1 Å². The standard InChI is InChI=1S/C26H24ClN5O3S/c1-18(27)25(33)28-23(16-19-8-4-2-5-9-19)24-29-30-26(36-17-20-10-6-3-7-11-20)31(24)21-12-14-22(15-13-21)32(34)35/h2-15,18,23H,16-17H2,1H3,(H,28,33)/t18-,23-/m0/s1. The van der Waals surface area contributed by atoms with Crippen LogP contribution in [0, 0.1) is 10.1 Å². The second kappa shape index (κ2) is 11.8. The molecule has 0 aliphatic heterocycles. The first-order chi connectivity index (χ1) is 17.4. The zero-order chi connectivity index (χ0) is 25.5. The fraction of sp³-hybridized carbons (Fsp3) is 0.192. The van der Waals surface area contributed by atoms with Crippen LogP contribution < -0.4 is 5.32 Å². The summed E-state index contributed by atoms with van der Waals surface area (Å²) in [5, 5.41) is 23.0. The molecule has 2 atom stereocenters. The van der Waals surface area contributed by atoms with Gasteiger partial charge in [0.15, 0.2) is 11.0 Å². The molecule has 0 aliphatic carbocycles. The van der Waals surface area contributed by atoms with Gasteiger partial charge < -0.3 is 5.32 Å². The zero-order valence-electron chi connectivity index (χ0n) is 19.5. The highest BCUT2D eigenvalue weighted by molar-refractivity contribution is 7.98. The minimum absolute atomic E-state index is 0.0167. The van der Waals surface area contributed by atoms with Gasteiger partial charge in [-0.2, -0.15) is 0 Å². The number of non-ortho nitro benzene ring substituents is 1. The number of hydrogen-bond acceptors (Lipinski definition) is 6. The lowest BCUT2D eigenvalue weighted by molar-refractivity contribution is -0.384. The number of benzene rings is 3. The fourth-order valence-corrected chi connectivity index (χ4v) is 4.61. The van der Waals surface area contributed by atoms with Crippen molar-refractivity contribution in [2.75, 3.05) is 0 Å². The summed E-state index contributed by atoms with van der Waals surface area (Å²) in [6, 6.07) is 25.4. The third-order valence-corrected chi connectivity index (χ3v) is 6.66. The van der Waals surface area contributed by atoms with E-state index in [1.165, 1.54) is 23.9 Å². The molecule has 4 rings (SSSR count). The molecule has 0 aliphatic rings. The Bertz CT molecular complexity index is 1310. The number of alkyl halides is 1. The Kier molecular flexibility index (Phi) is 8.35. The van der Waals surface area contributed by atoms with Gasteiger partial charge in [0.05, 0.1) is 11.0 Å². The predicted molar refractivity (Wildman–Crippen MR) is 140 cm³/mol. The molecular weight excluding hydrogens is 498 g/mol. The molecule has 1 amide bonds. The highest BCUT2D eigenvalue weighted by Gasteiger charge is 2.26. The predicted octanol–water partition coefficient (Wildman–Crippen LogP) is 5.50. The molecule has 0 bridgehead atoms. The third-order valence-electron chi connectivity index (χ3n) is 5.46. The number of nitrogens with one attached hydrogen (secondary N) is 1. The Balaban J connectivity index is 1.75. The molecule has 3 aromatic carbocycles. The van der Waals surface area contributed by atoms with Crippen molar-refractivity contribution in [3.63, 3.8) is 0 Å². The molecule has 10 heteroatoms. The number of nitro groups is 1. The van der Waals surface area contributed by atoms with E-state index in [-0.39, 0.29) is 11.6 Å². The number of rotatable bonds is 10. The minimum atomic E-state index is -0.731. The number of carbonyl (C=O) groups excluding carboxylic acids is 1. The summed E-state index contributed by atoms with van der Waals surface area (Å²) in [4.78, 5) is 23.4. The lowest BCUT2D eigenvalue weighted by Gasteiger charge is -2.21. The molecule has 184 valence electrons. The number of nitro benzene ring substituents is 1. The monoisotopic (exact) mass is 521 g/mol. The highest BCUT2D eigenvalue weighted by Crippen LogP contribution is 2.30. The number of carbonyl (C=O) groups is 1. The Morgan fingerprint density at radius 2 is 1.61 bits per heavy atom. The summed E-state index contributed by atoms with van der Waals surface area (Å²) in [5.41, 5.74) is 2.76. The van der Waals surface area contributed by atoms with Gasteiger partial charge in [0, 0.05) is 23.6 Å². The Labute approximate surface area is 217 Å². The van der Waals surface area contributed by atoms with E-state index in [1.54, 1.807) is 19.1 Å². The van der Waals surface area contributed by atoms with Crippen LogP contribution in [-0.4, -0.2) is 31.0 Å². The third kappa shape index (κ3) is 6.30. The number of hydrogen-bond donors (Lipinski definition) is 1. The van der Waals surface area contributed by atoms with Crippen LogP contribution in [0.1, 0.15) is 29.9 Å². The van der Waals surface area contributed by atoms with Gasteiger partial charge in [-0.05, 0) is 36.6 Å². The Hall–Kier alpha value is -3.69. The van der Waals surface area contributed by atoms with Crippen molar-refractivity contribution in [3.8, 4) is 5.69 Å². The SMILES string of the molecule is C[C@H](Cl)C(=O)N[C@@H](Cc1ccccc1)c1nnc(SCc2ccccc2)n1-c1ccc([N+](=O)[O-])cc1. The summed E-state index contributed by atoms with van der Waals surface area (Å²) in [6.07, 6.45) is 0.463. The van der Waals surface area contributed by atoms with Crippen LogP contribution in [0.5, 0.6) is 0 Å². The number of aromatic nitrogens is 3. The van der Waals surface area contributed by atoms with Crippen LogP contribution in [0.4, 0.5) is 5.69 Å². The first-order valence-corrected chi connectivity index (χ1v) is 12.7. The van der Waals surface area contributed by atoms with Gasteiger partial charge in [0.25, 0.3) is 5.69 Å². The van der Waals surface area contributed by atoms with E-state index in [1.807, 2.05) is 65.2 Å². The summed E-state index contributed by atoms with van der Waals surface area (Å²) < 4.78 is 1.84. The molecule has 0 unspecified atom stereocenters. The molecule has 0 radical (unpaired) electrons. The average molecular weight is 522 g/mol. The number of amides is 1. The summed E-state index contributed by atoms with van der Waals surface area (Å²) >= 11 is 7.56. The van der Waals surface area contributed by atoms with E-state index >= 15 is 0 Å². The van der Waals surface area contributed by atoms with Gasteiger partial charge in [0.2, 0.25) is 5.91 Å². The Morgan fingerprint density at radius 3 is 2.19 bits per heavy atom. The smallest absolute Gasteiger partial charge is 0.269 e. The van der Waals surface area contributed by atoms with E-state index in [2.05, 4.69) is 15.5 Å². The number of halogens is 1. The lowest BCUT2D eigenvalue weighted by atomic mass is 10.0. The van der Waals surface area contributed by atoms with Gasteiger partial charge in [-0.25, -0.2) is 0 Å². The number of nitrogens with zero attached hydrogens (tertiary/aromatic N) is 4. The van der Waals surface area contributed by atoms with Gasteiger partial charge in [-0.15, -0.1) is 21.8 Å². The van der Waals surface area contributed by atoms with Crippen molar-refractivity contribution >= 4 is 35.0 Å². The fourth-order valence-electron chi connectivity index (χ4n) is 3.63. The molecule has 8 nitrogen and oxygen atoms in total. The normalized spacial score (nSPS) is 12.6. The summed E-state index contributed by atoms with van der Waals surface area (Å²) in [5.74, 6) is 0.837. The van der Waals surface area contributed by atoms with Gasteiger partial charge in [-0.1, -0.05) is 72.4 Å². The van der Waals surface area contributed by atoms with Gasteiger partial charge >= 0.3 is 0 Å². The van der Waals surface area contributed by atoms with Crippen LogP contribution in [0.25, 0.3) is 5.69 Å². The van der Waals surface area contributed by atoms with E-state index in [4.69, 9.17) is 11.6 Å². The maximum absolute atomic E-state index is 12.6. The molecule has 0 fully saturated rings. The van der Waals surface area contributed by atoms with Crippen LogP contribution in [0.15, 0.2) is 90.1 Å². The second-order valence-corrected chi connectivity index (χ2v) is 9.69. The largest absolute Gasteiger partial charge is 0.344 e. The summed E-state index contributed by atoms with van der Waals surface area (Å²) in [6.45, 7) is 1.61. The quantitative estimate of drug-likeness (QED) is 0.128. The van der Waals surface area contributed by atoms with Gasteiger partial charge in [0.1, 0.15) is 5.38 Å².